The molecule has 0 fully saturated rings. The van der Waals surface area contributed by atoms with Gasteiger partial charge in [0.1, 0.15) is 0 Å². The lowest BCUT2D eigenvalue weighted by Gasteiger charge is -2.22. The summed E-state index contributed by atoms with van der Waals surface area (Å²) in [6, 6.07) is 51.8. The molecule has 9 rings (SSSR count). The fourth-order valence-corrected chi connectivity index (χ4v) is 7.33. The van der Waals surface area contributed by atoms with E-state index in [0.29, 0.717) is 5.82 Å². The van der Waals surface area contributed by atoms with Crippen LogP contribution in [0.25, 0.3) is 77.8 Å². The Labute approximate surface area is 274 Å². The van der Waals surface area contributed by atoms with E-state index >= 15 is 0 Å². The van der Waals surface area contributed by atoms with Crippen molar-refractivity contribution in [2.24, 2.45) is 0 Å². The first-order valence-electron chi connectivity index (χ1n) is 16.1. The van der Waals surface area contributed by atoms with E-state index in [0.717, 1.165) is 33.6 Å². The van der Waals surface area contributed by atoms with Gasteiger partial charge in [-0.3, -0.25) is 4.98 Å². The SMILES string of the molecule is CC1(C)c2ccc(-c3ccc(-c4cc(-c5ccccn5)nc(-c5ccccc5)n4)c4ccccc34)cc2-c2cc3ccccc3cc21. The molecular weight excluding hydrogens is 571 g/mol. The van der Waals surface area contributed by atoms with Crippen molar-refractivity contribution in [3.8, 4) is 56.3 Å². The fraction of sp³-hybridized carbons (Fsp3) is 0.0682. The lowest BCUT2D eigenvalue weighted by molar-refractivity contribution is 0.661. The van der Waals surface area contributed by atoms with E-state index in [9.17, 15) is 0 Å². The minimum Gasteiger partial charge on any atom is -0.255 e. The number of hydrogen-bond donors (Lipinski definition) is 0. The molecule has 0 unspecified atom stereocenters. The van der Waals surface area contributed by atoms with Crippen LogP contribution in [0.5, 0.6) is 0 Å². The first-order chi connectivity index (χ1) is 23.0. The minimum atomic E-state index is -0.0616. The quantitative estimate of drug-likeness (QED) is 0.201. The first-order valence-corrected chi connectivity index (χ1v) is 16.1. The number of aromatic nitrogens is 3. The second-order valence-corrected chi connectivity index (χ2v) is 12.9. The second kappa shape index (κ2) is 10.6. The van der Waals surface area contributed by atoms with Crippen LogP contribution in [0.3, 0.4) is 0 Å². The molecule has 1 aliphatic rings. The molecule has 8 aromatic rings. The lowest BCUT2D eigenvalue weighted by Crippen LogP contribution is -2.14. The van der Waals surface area contributed by atoms with E-state index in [1.54, 1.807) is 0 Å². The fourth-order valence-electron chi connectivity index (χ4n) is 7.33. The zero-order valence-corrected chi connectivity index (χ0v) is 26.3. The molecule has 0 N–H and O–H groups in total. The maximum atomic E-state index is 5.13. The minimum absolute atomic E-state index is 0.0616. The highest BCUT2D eigenvalue weighted by Crippen LogP contribution is 2.51. The van der Waals surface area contributed by atoms with E-state index < -0.39 is 0 Å². The number of fused-ring (bicyclic) bond motifs is 5. The van der Waals surface area contributed by atoms with E-state index in [1.165, 1.54) is 49.5 Å². The zero-order valence-electron chi connectivity index (χ0n) is 26.3. The number of hydrogen-bond acceptors (Lipinski definition) is 3. The predicted octanol–water partition coefficient (Wildman–Crippen LogP) is 11.2. The summed E-state index contributed by atoms with van der Waals surface area (Å²) in [5, 5.41) is 4.92. The molecule has 222 valence electrons. The Bertz CT molecular complexity index is 2420. The van der Waals surface area contributed by atoms with Crippen molar-refractivity contribution in [1.82, 2.24) is 15.0 Å². The zero-order chi connectivity index (χ0) is 31.5. The monoisotopic (exact) mass is 601 g/mol. The van der Waals surface area contributed by atoms with Gasteiger partial charge in [0.25, 0.3) is 0 Å². The molecule has 1 aliphatic carbocycles. The Morgan fingerprint density at radius 1 is 0.426 bits per heavy atom. The van der Waals surface area contributed by atoms with Crippen molar-refractivity contribution >= 4 is 21.5 Å². The third-order valence-corrected chi connectivity index (χ3v) is 9.74. The summed E-state index contributed by atoms with van der Waals surface area (Å²) in [7, 11) is 0. The van der Waals surface area contributed by atoms with Crippen LogP contribution in [-0.4, -0.2) is 15.0 Å². The van der Waals surface area contributed by atoms with Gasteiger partial charge < -0.3 is 0 Å². The molecule has 3 nitrogen and oxygen atoms in total. The van der Waals surface area contributed by atoms with Crippen LogP contribution in [0, 0.1) is 0 Å². The Balaban J connectivity index is 1.22. The van der Waals surface area contributed by atoms with Crippen LogP contribution >= 0.6 is 0 Å². The molecule has 0 aliphatic heterocycles. The summed E-state index contributed by atoms with van der Waals surface area (Å²) >= 11 is 0. The molecule has 0 atom stereocenters. The molecule has 2 aromatic heterocycles. The Kier molecular flexibility index (Phi) is 6.16. The summed E-state index contributed by atoms with van der Waals surface area (Å²) in [5.74, 6) is 0.685. The lowest BCUT2D eigenvalue weighted by atomic mass is 9.81. The maximum absolute atomic E-state index is 5.13. The summed E-state index contributed by atoms with van der Waals surface area (Å²) in [5.41, 5.74) is 12.3. The van der Waals surface area contributed by atoms with Gasteiger partial charge >= 0.3 is 0 Å². The third kappa shape index (κ3) is 4.46. The van der Waals surface area contributed by atoms with Crippen LogP contribution in [0.15, 0.2) is 152 Å². The van der Waals surface area contributed by atoms with E-state index in [4.69, 9.17) is 9.97 Å². The highest BCUT2D eigenvalue weighted by molar-refractivity contribution is 6.05. The molecule has 0 radical (unpaired) electrons. The van der Waals surface area contributed by atoms with E-state index in [1.807, 2.05) is 42.6 Å². The molecular formula is C44H31N3. The Morgan fingerprint density at radius 2 is 1.09 bits per heavy atom. The largest absolute Gasteiger partial charge is 0.255 e. The van der Waals surface area contributed by atoms with Crippen LogP contribution < -0.4 is 0 Å². The maximum Gasteiger partial charge on any atom is 0.160 e. The Morgan fingerprint density at radius 3 is 1.87 bits per heavy atom. The average Bonchev–Trinajstić information content (AvgIpc) is 3.35. The van der Waals surface area contributed by atoms with Gasteiger partial charge in [-0.1, -0.05) is 123 Å². The van der Waals surface area contributed by atoms with Crippen LogP contribution in [0.4, 0.5) is 0 Å². The molecule has 47 heavy (non-hydrogen) atoms. The first kappa shape index (κ1) is 27.4. The topological polar surface area (TPSA) is 38.7 Å². The van der Waals surface area contributed by atoms with Crippen molar-refractivity contribution in [3.63, 3.8) is 0 Å². The highest BCUT2D eigenvalue weighted by atomic mass is 14.9. The molecule has 0 saturated heterocycles. The van der Waals surface area contributed by atoms with E-state index in [-0.39, 0.29) is 5.41 Å². The summed E-state index contributed by atoms with van der Waals surface area (Å²) in [6.45, 7) is 4.70. The van der Waals surface area contributed by atoms with Crippen molar-refractivity contribution in [1.29, 1.82) is 0 Å². The van der Waals surface area contributed by atoms with Crippen molar-refractivity contribution in [2.75, 3.05) is 0 Å². The van der Waals surface area contributed by atoms with Gasteiger partial charge in [0.2, 0.25) is 0 Å². The van der Waals surface area contributed by atoms with Gasteiger partial charge in [-0.25, -0.2) is 9.97 Å². The van der Waals surface area contributed by atoms with Gasteiger partial charge in [-0.05, 0) is 91.3 Å². The molecule has 6 aromatic carbocycles. The van der Waals surface area contributed by atoms with Crippen LogP contribution in [-0.2, 0) is 5.41 Å². The smallest absolute Gasteiger partial charge is 0.160 e. The summed E-state index contributed by atoms with van der Waals surface area (Å²) in [4.78, 5) is 14.7. The van der Waals surface area contributed by atoms with Gasteiger partial charge in [0.05, 0.1) is 17.1 Å². The van der Waals surface area contributed by atoms with Gasteiger partial charge in [-0.2, -0.15) is 0 Å². The van der Waals surface area contributed by atoms with Crippen molar-refractivity contribution in [3.05, 3.63) is 163 Å². The standard InChI is InChI=1S/C44H31N3/c1-44(2)38-22-19-31(25-36(38)37-24-29-14-6-7-15-30(29)26-39(37)44)32-20-21-35(34-17-9-8-16-33(32)34)41-27-42(40-18-10-11-23-45-40)47-43(46-41)28-12-4-3-5-13-28/h3-27H,1-2H3. The molecule has 0 spiro atoms. The molecule has 0 saturated carbocycles. The second-order valence-electron chi connectivity index (χ2n) is 12.9. The number of rotatable bonds is 4. The van der Waals surface area contributed by atoms with Crippen LogP contribution in [0.2, 0.25) is 0 Å². The number of benzene rings is 6. The number of pyridine rings is 1. The Hall–Kier alpha value is -5.93. The molecule has 3 heteroatoms. The van der Waals surface area contributed by atoms with E-state index in [2.05, 4.69) is 128 Å². The summed E-state index contributed by atoms with van der Waals surface area (Å²) < 4.78 is 0. The predicted molar refractivity (Wildman–Crippen MR) is 194 cm³/mol. The highest BCUT2D eigenvalue weighted by Gasteiger charge is 2.35. The van der Waals surface area contributed by atoms with Gasteiger partial charge in [0.15, 0.2) is 5.82 Å². The third-order valence-electron chi connectivity index (χ3n) is 9.74. The normalized spacial score (nSPS) is 13.1. The molecule has 0 amide bonds. The van der Waals surface area contributed by atoms with Crippen molar-refractivity contribution < 1.29 is 0 Å². The van der Waals surface area contributed by atoms with Gasteiger partial charge in [-0.15, -0.1) is 0 Å². The summed E-state index contributed by atoms with van der Waals surface area (Å²) in [6.07, 6.45) is 1.81. The average molecular weight is 602 g/mol. The van der Waals surface area contributed by atoms with Crippen LogP contribution in [0.1, 0.15) is 25.0 Å². The molecule has 0 bridgehead atoms. The van der Waals surface area contributed by atoms with Crippen molar-refractivity contribution in [2.45, 2.75) is 19.3 Å². The number of nitrogens with zero attached hydrogens (tertiary/aromatic N) is 3. The van der Waals surface area contributed by atoms with Gasteiger partial charge in [0, 0.05) is 22.7 Å². The molecule has 2 heterocycles.